The van der Waals surface area contributed by atoms with E-state index in [4.69, 9.17) is 4.74 Å². The van der Waals surface area contributed by atoms with E-state index in [-0.39, 0.29) is 18.6 Å². The lowest BCUT2D eigenvalue weighted by Crippen LogP contribution is -2.46. The Morgan fingerprint density at radius 2 is 1.69 bits per heavy atom. The van der Waals surface area contributed by atoms with Gasteiger partial charge in [-0.2, -0.15) is 0 Å². The molecule has 0 saturated carbocycles. The lowest BCUT2D eigenvalue weighted by molar-refractivity contribution is -0.123. The second-order valence-corrected chi connectivity index (χ2v) is 7.77. The van der Waals surface area contributed by atoms with E-state index in [0.717, 1.165) is 21.6 Å². The monoisotopic (exact) mass is 408 g/mol. The first kappa shape index (κ1) is 20.6. The predicted octanol–water partition coefficient (Wildman–Crippen LogP) is 4.58. The van der Waals surface area contributed by atoms with Gasteiger partial charge in [-0.1, -0.05) is 66.2 Å². The van der Waals surface area contributed by atoms with Gasteiger partial charge >= 0.3 is 6.09 Å². The molecule has 1 aromatic heterocycles. The van der Waals surface area contributed by atoms with E-state index < -0.39 is 12.1 Å². The van der Waals surface area contributed by atoms with Crippen molar-refractivity contribution in [1.82, 2.24) is 10.6 Å². The zero-order valence-electron chi connectivity index (χ0n) is 16.4. The van der Waals surface area contributed by atoms with Crippen molar-refractivity contribution in [1.29, 1.82) is 0 Å². The van der Waals surface area contributed by atoms with Crippen LogP contribution in [-0.2, 0) is 16.1 Å². The van der Waals surface area contributed by atoms with Crippen molar-refractivity contribution in [2.75, 3.05) is 0 Å². The predicted molar refractivity (Wildman–Crippen MR) is 115 cm³/mol. The molecule has 0 saturated heterocycles. The third kappa shape index (κ3) is 5.93. The van der Waals surface area contributed by atoms with E-state index >= 15 is 0 Å². The van der Waals surface area contributed by atoms with E-state index in [0.29, 0.717) is 0 Å². The Hall–Kier alpha value is -3.12. The number of nitrogens with one attached hydrogen (secondary N) is 2. The van der Waals surface area contributed by atoms with E-state index in [1.54, 1.807) is 18.3 Å². The molecule has 2 aromatic carbocycles. The molecule has 6 heteroatoms. The highest BCUT2D eigenvalue weighted by atomic mass is 32.1. The summed E-state index contributed by atoms with van der Waals surface area (Å²) in [5.41, 5.74) is 3.03. The van der Waals surface area contributed by atoms with E-state index in [9.17, 15) is 9.59 Å². The summed E-state index contributed by atoms with van der Waals surface area (Å²) in [5, 5.41) is 7.60. The third-order valence-corrected chi connectivity index (χ3v) is 5.40. The third-order valence-electron chi connectivity index (χ3n) is 4.47. The molecular weight excluding hydrogens is 384 g/mol. The molecule has 0 aliphatic rings. The van der Waals surface area contributed by atoms with Gasteiger partial charge in [-0.05, 0) is 36.4 Å². The molecule has 5 nitrogen and oxygen atoms in total. The summed E-state index contributed by atoms with van der Waals surface area (Å²) >= 11 is 1.58. The van der Waals surface area contributed by atoms with Gasteiger partial charge in [0.15, 0.2) is 0 Å². The lowest BCUT2D eigenvalue weighted by Gasteiger charge is -2.21. The van der Waals surface area contributed by atoms with Crippen LogP contribution in [0.4, 0.5) is 4.79 Å². The molecule has 0 bridgehead atoms. The molecule has 0 aliphatic carbocycles. The Balaban J connectivity index is 1.60. The minimum Gasteiger partial charge on any atom is -0.445 e. The second kappa shape index (κ2) is 9.89. The number of rotatable bonds is 7. The van der Waals surface area contributed by atoms with Gasteiger partial charge in [-0.15, -0.1) is 11.3 Å². The number of alkyl carbamates (subject to hydrolysis) is 1. The highest BCUT2D eigenvalue weighted by Crippen LogP contribution is 2.26. The number of benzene rings is 2. The molecule has 3 rings (SSSR count). The van der Waals surface area contributed by atoms with Crippen LogP contribution >= 0.6 is 11.3 Å². The van der Waals surface area contributed by atoms with Crippen LogP contribution in [0.25, 0.3) is 0 Å². The standard InChI is InChI=1S/C23H24N2O3S/c1-16-10-12-19(13-11-16)21(20-9-6-14-29-20)25-22(26)17(2)24-23(27)28-15-18-7-4-3-5-8-18/h3-14,17,21H,15H2,1-2H3,(H,24,27)(H,25,26)/t17-,21?/m0/s1. The van der Waals surface area contributed by atoms with E-state index in [1.807, 2.05) is 79.0 Å². The Kier molecular flexibility index (Phi) is 7.03. The summed E-state index contributed by atoms with van der Waals surface area (Å²) in [6, 6.07) is 20.4. The summed E-state index contributed by atoms with van der Waals surface area (Å²) < 4.78 is 5.20. The molecule has 2 N–H and O–H groups in total. The number of hydrogen-bond donors (Lipinski definition) is 2. The van der Waals surface area contributed by atoms with E-state index in [1.165, 1.54) is 0 Å². The van der Waals surface area contributed by atoms with Crippen molar-refractivity contribution in [2.45, 2.75) is 32.5 Å². The largest absolute Gasteiger partial charge is 0.445 e. The molecular formula is C23H24N2O3S. The topological polar surface area (TPSA) is 67.4 Å². The van der Waals surface area contributed by atoms with Gasteiger partial charge < -0.3 is 15.4 Å². The van der Waals surface area contributed by atoms with Crippen LogP contribution in [0.5, 0.6) is 0 Å². The Morgan fingerprint density at radius 3 is 2.34 bits per heavy atom. The van der Waals surface area contributed by atoms with Crippen molar-refractivity contribution < 1.29 is 14.3 Å². The quantitative estimate of drug-likeness (QED) is 0.601. The Bertz CT molecular complexity index is 925. The van der Waals surface area contributed by atoms with Crippen LogP contribution < -0.4 is 10.6 Å². The Labute approximate surface area is 174 Å². The summed E-state index contributed by atoms with van der Waals surface area (Å²) in [4.78, 5) is 25.8. The number of ether oxygens (including phenoxy) is 1. The highest BCUT2D eigenvalue weighted by Gasteiger charge is 2.22. The first-order chi connectivity index (χ1) is 14.0. The fourth-order valence-corrected chi connectivity index (χ4v) is 3.61. The average molecular weight is 409 g/mol. The molecule has 3 aromatic rings. The molecule has 29 heavy (non-hydrogen) atoms. The van der Waals surface area contributed by atoms with Crippen molar-refractivity contribution >= 4 is 23.3 Å². The van der Waals surface area contributed by atoms with Crippen LogP contribution in [0.3, 0.4) is 0 Å². The van der Waals surface area contributed by atoms with Gasteiger partial charge in [-0.3, -0.25) is 4.79 Å². The molecule has 2 amide bonds. The first-order valence-corrected chi connectivity index (χ1v) is 10.3. The fourth-order valence-electron chi connectivity index (χ4n) is 2.81. The maximum Gasteiger partial charge on any atom is 0.408 e. The number of carbonyl (C=O) groups excluding carboxylic acids is 2. The summed E-state index contributed by atoms with van der Waals surface area (Å²) in [6.07, 6.45) is -0.625. The lowest BCUT2D eigenvalue weighted by atomic mass is 10.0. The second-order valence-electron chi connectivity index (χ2n) is 6.80. The summed E-state index contributed by atoms with van der Waals surface area (Å²) in [6.45, 7) is 3.82. The van der Waals surface area contributed by atoms with Crippen LogP contribution in [0, 0.1) is 6.92 Å². The van der Waals surface area contributed by atoms with Gasteiger partial charge in [0.05, 0.1) is 6.04 Å². The van der Waals surface area contributed by atoms with Gasteiger partial charge in [-0.25, -0.2) is 4.79 Å². The Morgan fingerprint density at radius 1 is 0.966 bits per heavy atom. The van der Waals surface area contributed by atoms with Crippen molar-refractivity contribution in [3.05, 3.63) is 93.7 Å². The number of hydrogen-bond acceptors (Lipinski definition) is 4. The molecule has 150 valence electrons. The molecule has 0 fully saturated rings. The van der Waals surface area contributed by atoms with Gasteiger partial charge in [0.25, 0.3) is 0 Å². The minimum absolute atomic E-state index is 0.155. The van der Waals surface area contributed by atoms with Crippen molar-refractivity contribution in [3.63, 3.8) is 0 Å². The zero-order chi connectivity index (χ0) is 20.6. The molecule has 2 atom stereocenters. The number of carbonyl (C=O) groups is 2. The van der Waals surface area contributed by atoms with Crippen LogP contribution in [0.15, 0.2) is 72.1 Å². The van der Waals surface area contributed by atoms with Crippen LogP contribution in [-0.4, -0.2) is 18.0 Å². The summed E-state index contributed by atoms with van der Waals surface area (Å²) in [7, 11) is 0. The first-order valence-electron chi connectivity index (χ1n) is 9.40. The van der Waals surface area contributed by atoms with Crippen molar-refractivity contribution in [3.8, 4) is 0 Å². The molecule has 1 unspecified atom stereocenters. The highest BCUT2D eigenvalue weighted by molar-refractivity contribution is 7.10. The van der Waals surface area contributed by atoms with Gasteiger partial charge in [0.1, 0.15) is 12.6 Å². The smallest absolute Gasteiger partial charge is 0.408 e. The summed E-state index contributed by atoms with van der Waals surface area (Å²) in [5.74, 6) is -0.277. The van der Waals surface area contributed by atoms with E-state index in [2.05, 4.69) is 10.6 Å². The molecule has 0 aliphatic heterocycles. The normalized spacial score (nSPS) is 12.6. The van der Waals surface area contributed by atoms with Crippen LogP contribution in [0.1, 0.15) is 34.5 Å². The van der Waals surface area contributed by atoms with Crippen molar-refractivity contribution in [2.24, 2.45) is 0 Å². The number of amides is 2. The SMILES string of the molecule is Cc1ccc(C(NC(=O)[C@H](C)NC(=O)OCc2ccccc2)c2cccs2)cc1. The molecule has 0 spiro atoms. The maximum absolute atomic E-state index is 12.7. The maximum atomic E-state index is 12.7. The van der Waals surface area contributed by atoms with Gasteiger partial charge in [0.2, 0.25) is 5.91 Å². The number of thiophene rings is 1. The zero-order valence-corrected chi connectivity index (χ0v) is 17.2. The molecule has 0 radical (unpaired) electrons. The van der Waals surface area contributed by atoms with Gasteiger partial charge in [0, 0.05) is 4.88 Å². The van der Waals surface area contributed by atoms with Crippen LogP contribution in [0.2, 0.25) is 0 Å². The number of aryl methyl sites for hydroxylation is 1. The minimum atomic E-state index is -0.730. The fraction of sp³-hybridized carbons (Fsp3) is 0.217. The molecule has 1 heterocycles. The average Bonchev–Trinajstić information content (AvgIpc) is 3.26.